The summed E-state index contributed by atoms with van der Waals surface area (Å²) in [5.41, 5.74) is 5.39. The van der Waals surface area contributed by atoms with Crippen molar-refractivity contribution < 1.29 is 28.8 Å². The summed E-state index contributed by atoms with van der Waals surface area (Å²) in [6.45, 7) is 5.67. The first kappa shape index (κ1) is 23.8. The predicted octanol–water partition coefficient (Wildman–Crippen LogP) is 2.34. The van der Waals surface area contributed by atoms with E-state index in [0.717, 1.165) is 25.7 Å². The second-order valence-electron chi connectivity index (χ2n) is 5.21. The van der Waals surface area contributed by atoms with E-state index in [4.69, 9.17) is 29.7 Å². The van der Waals surface area contributed by atoms with Crippen LogP contribution in [0.15, 0.2) is 0 Å². The SMILES string of the molecule is CCCCC(CC)COC(=O)CCCCCN.O=P(O)(O)O. The first-order valence-corrected chi connectivity index (χ1v) is 9.45. The number of unbranched alkanes of at least 4 members (excludes halogenated alkanes) is 3. The van der Waals surface area contributed by atoms with Gasteiger partial charge in [-0.2, -0.15) is 0 Å². The molecule has 5 N–H and O–H groups in total. The van der Waals surface area contributed by atoms with Crippen molar-refractivity contribution in [3.05, 3.63) is 0 Å². The van der Waals surface area contributed by atoms with Gasteiger partial charge < -0.3 is 25.2 Å². The van der Waals surface area contributed by atoms with Crippen LogP contribution in [0.1, 0.15) is 65.2 Å². The molecule has 7 nitrogen and oxygen atoms in total. The summed E-state index contributed by atoms with van der Waals surface area (Å²) in [4.78, 5) is 33.0. The molecule has 0 spiro atoms. The fourth-order valence-electron chi connectivity index (χ4n) is 1.77. The number of carbonyl (C=O) groups is 1. The number of hydrogen-bond donors (Lipinski definition) is 4. The molecular weight excluding hydrogens is 309 g/mol. The summed E-state index contributed by atoms with van der Waals surface area (Å²) in [5, 5.41) is 0. The van der Waals surface area contributed by atoms with Crippen LogP contribution in [-0.4, -0.2) is 33.8 Å². The lowest BCUT2D eigenvalue weighted by Gasteiger charge is -2.14. The number of hydrogen-bond acceptors (Lipinski definition) is 4. The summed E-state index contributed by atoms with van der Waals surface area (Å²) < 4.78 is 14.2. The molecule has 0 aromatic rings. The van der Waals surface area contributed by atoms with Crippen LogP contribution in [0.5, 0.6) is 0 Å². The van der Waals surface area contributed by atoms with Gasteiger partial charge in [0.25, 0.3) is 0 Å². The molecule has 0 heterocycles. The minimum absolute atomic E-state index is 0.0445. The Bertz CT molecular complexity index is 299. The Morgan fingerprint density at radius 2 is 1.73 bits per heavy atom. The van der Waals surface area contributed by atoms with Crippen LogP contribution in [0.4, 0.5) is 0 Å². The van der Waals surface area contributed by atoms with E-state index in [-0.39, 0.29) is 5.97 Å². The van der Waals surface area contributed by atoms with Crippen molar-refractivity contribution in [2.45, 2.75) is 65.2 Å². The second-order valence-corrected chi connectivity index (χ2v) is 6.24. The largest absolute Gasteiger partial charge is 0.466 e. The zero-order valence-corrected chi connectivity index (χ0v) is 14.6. The second kappa shape index (κ2) is 15.4. The van der Waals surface area contributed by atoms with E-state index in [0.29, 0.717) is 25.5 Å². The first-order valence-electron chi connectivity index (χ1n) is 7.88. The van der Waals surface area contributed by atoms with E-state index >= 15 is 0 Å². The maximum atomic E-state index is 11.4. The van der Waals surface area contributed by atoms with Crippen LogP contribution >= 0.6 is 7.82 Å². The fourth-order valence-corrected chi connectivity index (χ4v) is 1.77. The van der Waals surface area contributed by atoms with Crippen LogP contribution in [0.2, 0.25) is 0 Å². The zero-order valence-electron chi connectivity index (χ0n) is 13.7. The van der Waals surface area contributed by atoms with Crippen LogP contribution in [0.25, 0.3) is 0 Å². The first-order chi connectivity index (χ1) is 10.2. The molecule has 0 aliphatic heterocycles. The minimum atomic E-state index is -4.64. The normalized spacial score (nSPS) is 12.3. The van der Waals surface area contributed by atoms with Crippen molar-refractivity contribution in [1.82, 2.24) is 0 Å². The Labute approximate surface area is 133 Å². The van der Waals surface area contributed by atoms with Crippen molar-refractivity contribution in [3.63, 3.8) is 0 Å². The lowest BCUT2D eigenvalue weighted by Crippen LogP contribution is -2.13. The monoisotopic (exact) mass is 341 g/mol. The van der Waals surface area contributed by atoms with Gasteiger partial charge in [-0.05, 0) is 31.7 Å². The lowest BCUT2D eigenvalue weighted by atomic mass is 10.0. The zero-order chi connectivity index (χ0) is 17.4. The quantitative estimate of drug-likeness (QED) is 0.258. The Kier molecular flexibility index (Phi) is 16.7. The van der Waals surface area contributed by atoms with Gasteiger partial charge in [0, 0.05) is 6.42 Å². The average molecular weight is 341 g/mol. The van der Waals surface area contributed by atoms with E-state index in [1.165, 1.54) is 19.3 Å². The maximum Gasteiger partial charge on any atom is 0.466 e. The van der Waals surface area contributed by atoms with Gasteiger partial charge in [-0.3, -0.25) is 4.79 Å². The maximum absolute atomic E-state index is 11.4. The van der Waals surface area contributed by atoms with Gasteiger partial charge in [-0.15, -0.1) is 0 Å². The number of carbonyl (C=O) groups excluding carboxylic acids is 1. The molecule has 0 aromatic carbocycles. The van der Waals surface area contributed by atoms with Gasteiger partial charge in [-0.1, -0.05) is 39.5 Å². The van der Waals surface area contributed by atoms with Crippen LogP contribution in [-0.2, 0) is 14.1 Å². The highest BCUT2D eigenvalue weighted by molar-refractivity contribution is 7.45. The number of phosphoric acid groups is 1. The number of esters is 1. The van der Waals surface area contributed by atoms with Crippen molar-refractivity contribution in [2.24, 2.45) is 11.7 Å². The van der Waals surface area contributed by atoms with E-state index in [9.17, 15) is 4.79 Å². The molecule has 0 saturated heterocycles. The molecule has 0 aliphatic rings. The summed E-state index contributed by atoms with van der Waals surface area (Å²) in [5.74, 6) is 0.500. The smallest absolute Gasteiger partial charge is 0.465 e. The molecule has 1 unspecified atom stereocenters. The molecule has 8 heteroatoms. The van der Waals surface area contributed by atoms with Crippen molar-refractivity contribution in [2.75, 3.05) is 13.2 Å². The fraction of sp³-hybridized carbons (Fsp3) is 0.929. The van der Waals surface area contributed by atoms with Gasteiger partial charge >= 0.3 is 13.8 Å². The van der Waals surface area contributed by atoms with E-state index in [1.54, 1.807) is 0 Å². The summed E-state index contributed by atoms with van der Waals surface area (Å²) in [7, 11) is -4.64. The van der Waals surface area contributed by atoms with Crippen molar-refractivity contribution in [1.29, 1.82) is 0 Å². The Morgan fingerprint density at radius 1 is 1.14 bits per heavy atom. The molecule has 0 aliphatic carbocycles. The van der Waals surface area contributed by atoms with E-state index in [1.807, 2.05) is 0 Å². The summed E-state index contributed by atoms with van der Waals surface area (Å²) in [6, 6.07) is 0. The highest BCUT2D eigenvalue weighted by Gasteiger charge is 2.09. The third kappa shape index (κ3) is 24.6. The molecule has 0 aromatic heterocycles. The number of nitrogens with two attached hydrogens (primary N) is 1. The lowest BCUT2D eigenvalue weighted by molar-refractivity contribution is -0.145. The molecule has 1 atom stereocenters. The average Bonchev–Trinajstić information content (AvgIpc) is 2.42. The highest BCUT2D eigenvalue weighted by Crippen LogP contribution is 2.25. The molecule has 134 valence electrons. The van der Waals surface area contributed by atoms with Crippen LogP contribution < -0.4 is 5.73 Å². The molecule has 22 heavy (non-hydrogen) atoms. The molecular formula is C14H32NO6P. The third-order valence-corrected chi connectivity index (χ3v) is 3.11. The minimum Gasteiger partial charge on any atom is -0.465 e. The Balaban J connectivity index is 0. The molecule has 0 fully saturated rings. The highest BCUT2D eigenvalue weighted by atomic mass is 31.2. The van der Waals surface area contributed by atoms with E-state index < -0.39 is 7.82 Å². The Hall–Kier alpha value is -0.460. The molecule has 0 rings (SSSR count). The van der Waals surface area contributed by atoms with E-state index in [2.05, 4.69) is 13.8 Å². The van der Waals surface area contributed by atoms with Gasteiger partial charge in [0.05, 0.1) is 6.61 Å². The van der Waals surface area contributed by atoms with Gasteiger partial charge in [-0.25, -0.2) is 4.57 Å². The third-order valence-electron chi connectivity index (χ3n) is 3.11. The molecule has 0 saturated carbocycles. The summed E-state index contributed by atoms with van der Waals surface area (Å²) >= 11 is 0. The Morgan fingerprint density at radius 3 is 2.18 bits per heavy atom. The molecule has 0 radical (unpaired) electrons. The van der Waals surface area contributed by atoms with Gasteiger partial charge in [0.15, 0.2) is 0 Å². The number of rotatable bonds is 11. The van der Waals surface area contributed by atoms with Crippen LogP contribution in [0.3, 0.4) is 0 Å². The van der Waals surface area contributed by atoms with Gasteiger partial charge in [0.2, 0.25) is 0 Å². The topological polar surface area (TPSA) is 130 Å². The molecule has 0 amide bonds. The standard InChI is InChI=1S/C14H29NO2.H3O4P/c1-3-5-9-13(4-2)12-17-14(16)10-7-6-8-11-15;1-5(2,3)4/h13H,3-12,15H2,1-2H3;(H3,1,2,3,4). The molecule has 0 bridgehead atoms. The van der Waals surface area contributed by atoms with Crippen LogP contribution in [0, 0.1) is 5.92 Å². The number of ether oxygens (including phenoxy) is 1. The van der Waals surface area contributed by atoms with Crippen molar-refractivity contribution in [3.8, 4) is 0 Å². The summed E-state index contributed by atoms with van der Waals surface area (Å²) in [6.07, 6.45) is 8.19. The predicted molar refractivity (Wildman–Crippen MR) is 86.1 cm³/mol. The van der Waals surface area contributed by atoms with Crippen molar-refractivity contribution >= 4 is 13.8 Å². The van der Waals surface area contributed by atoms with Gasteiger partial charge in [0.1, 0.15) is 0 Å².